The van der Waals surface area contributed by atoms with Crippen LogP contribution in [0.1, 0.15) is 6.42 Å². The number of aliphatic hydroxyl groups excluding tert-OH is 1. The summed E-state index contributed by atoms with van der Waals surface area (Å²) in [5.74, 6) is -0.107. The smallest absolute Gasteiger partial charge is 0.241 e. The maximum atomic E-state index is 12.4. The highest BCUT2D eigenvalue weighted by Gasteiger charge is 2.31. The summed E-state index contributed by atoms with van der Waals surface area (Å²) >= 11 is 0. The van der Waals surface area contributed by atoms with Crippen molar-refractivity contribution in [2.45, 2.75) is 29.6 Å². The Bertz CT molecular complexity index is 688. The minimum absolute atomic E-state index is 0.107. The largest absolute Gasteiger partial charge is 0.394 e. The highest BCUT2D eigenvalue weighted by Crippen LogP contribution is 2.18. The molecule has 0 unspecified atom stereocenters. The van der Waals surface area contributed by atoms with Crippen molar-refractivity contribution >= 4 is 15.9 Å². The number of nitrogens with zero attached hydrogens (tertiary/aromatic N) is 1. The molecular formula is C16H22N2O5S. The number of rotatable bonds is 6. The Morgan fingerprint density at radius 1 is 1.25 bits per heavy atom. The van der Waals surface area contributed by atoms with Crippen LogP contribution in [0.2, 0.25) is 0 Å². The topological polar surface area (TPSA) is 95.9 Å². The van der Waals surface area contributed by atoms with E-state index in [-0.39, 0.29) is 23.8 Å². The third-order valence-corrected chi connectivity index (χ3v) is 5.16. The van der Waals surface area contributed by atoms with Gasteiger partial charge in [0.25, 0.3) is 0 Å². The minimum atomic E-state index is -3.72. The predicted octanol–water partition coefficient (Wildman–Crippen LogP) is 0.128. The average Bonchev–Trinajstić information content (AvgIpc) is 2.56. The van der Waals surface area contributed by atoms with Crippen molar-refractivity contribution in [3.63, 3.8) is 0 Å². The van der Waals surface area contributed by atoms with Gasteiger partial charge in [-0.1, -0.05) is 30.4 Å². The second-order valence-corrected chi connectivity index (χ2v) is 7.45. The SMILES string of the molecule is CN(C)C(=O)C[C@@H]1C=C[C@H](NS(=O)(=O)c2ccccc2)[C@@H](CO)O1. The van der Waals surface area contributed by atoms with Gasteiger partial charge in [0.2, 0.25) is 15.9 Å². The van der Waals surface area contributed by atoms with Gasteiger partial charge < -0.3 is 14.7 Å². The number of hydrogen-bond donors (Lipinski definition) is 2. The molecule has 24 heavy (non-hydrogen) atoms. The average molecular weight is 354 g/mol. The lowest BCUT2D eigenvalue weighted by Gasteiger charge is -2.31. The lowest BCUT2D eigenvalue weighted by Crippen LogP contribution is -2.48. The number of amides is 1. The van der Waals surface area contributed by atoms with Crippen LogP contribution >= 0.6 is 0 Å². The lowest BCUT2D eigenvalue weighted by atomic mass is 10.1. The summed E-state index contributed by atoms with van der Waals surface area (Å²) in [4.78, 5) is 13.3. The summed E-state index contributed by atoms with van der Waals surface area (Å²) in [5.41, 5.74) is 0. The third-order valence-electron chi connectivity index (χ3n) is 3.68. The van der Waals surface area contributed by atoms with Crippen molar-refractivity contribution in [2.24, 2.45) is 0 Å². The van der Waals surface area contributed by atoms with Gasteiger partial charge in [-0.2, -0.15) is 0 Å². The van der Waals surface area contributed by atoms with Crippen molar-refractivity contribution in [1.29, 1.82) is 0 Å². The van der Waals surface area contributed by atoms with E-state index in [4.69, 9.17) is 4.74 Å². The molecule has 0 aromatic heterocycles. The van der Waals surface area contributed by atoms with Gasteiger partial charge in [0.15, 0.2) is 0 Å². The summed E-state index contributed by atoms with van der Waals surface area (Å²) in [7, 11) is -0.428. The molecule has 1 aliphatic heterocycles. The molecule has 0 spiro atoms. The van der Waals surface area contributed by atoms with Crippen molar-refractivity contribution in [3.8, 4) is 0 Å². The van der Waals surface area contributed by atoms with Crippen molar-refractivity contribution in [3.05, 3.63) is 42.5 Å². The first-order valence-corrected chi connectivity index (χ1v) is 9.04. The molecule has 8 heteroatoms. The number of benzene rings is 1. The zero-order valence-corrected chi connectivity index (χ0v) is 14.4. The quantitative estimate of drug-likeness (QED) is 0.708. The van der Waals surface area contributed by atoms with E-state index >= 15 is 0 Å². The number of carbonyl (C=O) groups excluding carboxylic acids is 1. The Morgan fingerprint density at radius 2 is 1.92 bits per heavy atom. The minimum Gasteiger partial charge on any atom is -0.394 e. The van der Waals surface area contributed by atoms with Gasteiger partial charge in [0.1, 0.15) is 6.10 Å². The van der Waals surface area contributed by atoms with Crippen LogP contribution in [0.4, 0.5) is 0 Å². The molecule has 0 aliphatic carbocycles. The van der Waals surface area contributed by atoms with E-state index in [1.807, 2.05) is 0 Å². The summed E-state index contributed by atoms with van der Waals surface area (Å²) in [5, 5.41) is 9.50. The van der Waals surface area contributed by atoms with Crippen LogP contribution < -0.4 is 4.72 Å². The molecule has 1 heterocycles. The Kier molecular flexibility index (Phi) is 6.11. The van der Waals surface area contributed by atoms with Crippen molar-refractivity contribution in [2.75, 3.05) is 20.7 Å². The molecule has 132 valence electrons. The van der Waals surface area contributed by atoms with Gasteiger partial charge in [-0.25, -0.2) is 13.1 Å². The first-order chi connectivity index (χ1) is 11.3. The third kappa shape index (κ3) is 4.64. The van der Waals surface area contributed by atoms with Crippen LogP contribution in [0.5, 0.6) is 0 Å². The molecule has 1 aromatic rings. The highest BCUT2D eigenvalue weighted by molar-refractivity contribution is 7.89. The van der Waals surface area contributed by atoms with Gasteiger partial charge in [-0.05, 0) is 12.1 Å². The van der Waals surface area contributed by atoms with E-state index in [0.717, 1.165) is 0 Å². The second-order valence-electron chi connectivity index (χ2n) is 5.73. The molecule has 1 aliphatic rings. The fourth-order valence-corrected chi connectivity index (χ4v) is 3.55. The maximum absolute atomic E-state index is 12.4. The molecule has 0 saturated carbocycles. The zero-order chi connectivity index (χ0) is 17.7. The molecular weight excluding hydrogens is 332 g/mol. The molecule has 2 rings (SSSR count). The van der Waals surface area contributed by atoms with Gasteiger partial charge >= 0.3 is 0 Å². The number of ether oxygens (including phenoxy) is 1. The normalized spacial score (nSPS) is 23.9. The van der Waals surface area contributed by atoms with Crippen LogP contribution in [0.25, 0.3) is 0 Å². The van der Waals surface area contributed by atoms with E-state index in [1.165, 1.54) is 17.0 Å². The van der Waals surface area contributed by atoms with Crippen LogP contribution in [0.15, 0.2) is 47.4 Å². The molecule has 1 aromatic carbocycles. The van der Waals surface area contributed by atoms with Gasteiger partial charge in [-0.15, -0.1) is 0 Å². The van der Waals surface area contributed by atoms with Crippen LogP contribution in [-0.4, -0.2) is 63.3 Å². The van der Waals surface area contributed by atoms with Gasteiger partial charge in [-0.3, -0.25) is 4.79 Å². The predicted molar refractivity (Wildman–Crippen MR) is 88.7 cm³/mol. The van der Waals surface area contributed by atoms with E-state index in [0.29, 0.717) is 0 Å². The summed E-state index contributed by atoms with van der Waals surface area (Å²) in [6, 6.07) is 7.27. The molecule has 0 fully saturated rings. The number of aliphatic hydroxyl groups is 1. The fraction of sp³-hybridized carbons (Fsp3) is 0.438. The number of sulfonamides is 1. The van der Waals surface area contributed by atoms with Gasteiger partial charge in [0, 0.05) is 14.1 Å². The lowest BCUT2D eigenvalue weighted by molar-refractivity contribution is -0.132. The molecule has 0 radical (unpaired) electrons. The molecule has 0 saturated heterocycles. The summed E-state index contributed by atoms with van der Waals surface area (Å²) in [6.07, 6.45) is 2.16. The molecule has 3 atom stereocenters. The van der Waals surface area contributed by atoms with Crippen molar-refractivity contribution in [1.82, 2.24) is 9.62 Å². The molecule has 2 N–H and O–H groups in total. The van der Waals surface area contributed by atoms with E-state index < -0.39 is 28.3 Å². The summed E-state index contributed by atoms with van der Waals surface area (Å²) in [6.45, 7) is -0.362. The fourth-order valence-electron chi connectivity index (χ4n) is 2.31. The van der Waals surface area contributed by atoms with E-state index in [1.54, 1.807) is 44.4 Å². The van der Waals surface area contributed by atoms with E-state index in [2.05, 4.69) is 4.72 Å². The van der Waals surface area contributed by atoms with Crippen LogP contribution in [0, 0.1) is 0 Å². The first kappa shape index (κ1) is 18.6. The first-order valence-electron chi connectivity index (χ1n) is 7.55. The zero-order valence-electron chi connectivity index (χ0n) is 13.6. The standard InChI is InChI=1S/C16H22N2O5S/c1-18(2)16(20)10-12-8-9-14(15(11-19)23-12)17-24(21,22)13-6-4-3-5-7-13/h3-9,12,14-15,17,19H,10-11H2,1-2H3/t12-,14-,15+/m0/s1. The number of nitrogens with one attached hydrogen (secondary N) is 1. The Labute approximate surface area is 142 Å². The van der Waals surface area contributed by atoms with Crippen LogP contribution in [0.3, 0.4) is 0 Å². The maximum Gasteiger partial charge on any atom is 0.241 e. The number of carbonyl (C=O) groups is 1. The van der Waals surface area contributed by atoms with Crippen molar-refractivity contribution < 1.29 is 23.1 Å². The Morgan fingerprint density at radius 3 is 2.50 bits per heavy atom. The molecule has 0 bridgehead atoms. The highest BCUT2D eigenvalue weighted by atomic mass is 32.2. The van der Waals surface area contributed by atoms with E-state index in [9.17, 15) is 18.3 Å². The van der Waals surface area contributed by atoms with Gasteiger partial charge in [0.05, 0.1) is 30.1 Å². The molecule has 1 amide bonds. The second kappa shape index (κ2) is 7.89. The monoisotopic (exact) mass is 354 g/mol. The Balaban J connectivity index is 2.09. The molecule has 7 nitrogen and oxygen atoms in total. The number of hydrogen-bond acceptors (Lipinski definition) is 5. The van der Waals surface area contributed by atoms with Crippen LogP contribution in [-0.2, 0) is 19.6 Å². The summed E-state index contributed by atoms with van der Waals surface area (Å²) < 4.78 is 32.9. The Hall–Kier alpha value is -1.74.